The van der Waals surface area contributed by atoms with Crippen molar-refractivity contribution in [3.05, 3.63) is 11.6 Å². The molecule has 4 fully saturated rings. The minimum Gasteiger partial charge on any atom is -0.396 e. The topological polar surface area (TPSA) is 43.7 Å². The first-order chi connectivity index (χ1) is 15.3. The summed E-state index contributed by atoms with van der Waals surface area (Å²) in [6.45, 7) is 14.4. The Labute approximate surface area is 197 Å². The van der Waals surface area contributed by atoms with Crippen molar-refractivity contribution in [3.8, 4) is 0 Å². The molecule has 1 spiro atoms. The molecule has 8 atom stereocenters. The summed E-state index contributed by atoms with van der Waals surface area (Å²) in [6, 6.07) is 0. The van der Waals surface area contributed by atoms with Gasteiger partial charge in [0.2, 0.25) is 0 Å². The molecule has 1 aliphatic heterocycles. The SMILES string of the molecule is CC(C)C1=CC23CC[C@H]4[C@](C)(CN5CCCCC5)CCC[C@]4(C)[C@H]2C[C@@H]1[C@H](CO)[C@@H]3CO. The van der Waals surface area contributed by atoms with E-state index in [1.807, 2.05) is 0 Å². The molecule has 3 nitrogen and oxygen atoms in total. The second kappa shape index (κ2) is 8.38. The van der Waals surface area contributed by atoms with E-state index in [0.29, 0.717) is 28.6 Å². The van der Waals surface area contributed by atoms with Gasteiger partial charge in [0.05, 0.1) is 0 Å². The Morgan fingerprint density at radius 2 is 1.72 bits per heavy atom. The predicted octanol–water partition coefficient (Wildman–Crippen LogP) is 5.51. The summed E-state index contributed by atoms with van der Waals surface area (Å²) < 4.78 is 0. The van der Waals surface area contributed by atoms with Gasteiger partial charge in [-0.25, -0.2) is 0 Å². The van der Waals surface area contributed by atoms with Gasteiger partial charge in [0.15, 0.2) is 0 Å². The Bertz CT molecular complexity index is 727. The number of nitrogens with zero attached hydrogens (tertiary/aromatic N) is 1. The lowest BCUT2D eigenvalue weighted by Gasteiger charge is -2.70. The van der Waals surface area contributed by atoms with Crippen molar-refractivity contribution >= 4 is 0 Å². The molecular formula is C29H49NO2. The molecule has 0 aromatic rings. The van der Waals surface area contributed by atoms with E-state index in [4.69, 9.17) is 0 Å². The van der Waals surface area contributed by atoms with Crippen LogP contribution in [-0.2, 0) is 0 Å². The smallest absolute Gasteiger partial charge is 0.0471 e. The van der Waals surface area contributed by atoms with Crippen molar-refractivity contribution in [2.24, 2.45) is 51.8 Å². The number of hydrogen-bond donors (Lipinski definition) is 2. The Kier molecular flexibility index (Phi) is 6.12. The number of allylic oxidation sites excluding steroid dienone is 2. The van der Waals surface area contributed by atoms with E-state index in [-0.39, 0.29) is 30.5 Å². The average molecular weight is 444 g/mol. The molecule has 0 aromatic carbocycles. The molecule has 182 valence electrons. The molecule has 0 amide bonds. The van der Waals surface area contributed by atoms with Crippen molar-refractivity contribution in [1.29, 1.82) is 0 Å². The summed E-state index contributed by atoms with van der Waals surface area (Å²) in [4.78, 5) is 2.79. The summed E-state index contributed by atoms with van der Waals surface area (Å²) in [5, 5.41) is 21.0. The summed E-state index contributed by atoms with van der Waals surface area (Å²) in [5.74, 6) is 2.97. The van der Waals surface area contributed by atoms with Crippen LogP contribution in [0, 0.1) is 51.8 Å². The molecule has 2 N–H and O–H groups in total. The lowest BCUT2D eigenvalue weighted by molar-refractivity contribution is -0.196. The van der Waals surface area contributed by atoms with Gasteiger partial charge in [0.25, 0.3) is 0 Å². The fourth-order valence-electron chi connectivity index (χ4n) is 10.4. The summed E-state index contributed by atoms with van der Waals surface area (Å²) in [6.07, 6.45) is 14.8. The van der Waals surface area contributed by atoms with Gasteiger partial charge in [-0.05, 0) is 110 Å². The van der Waals surface area contributed by atoms with E-state index in [1.165, 1.54) is 77.4 Å². The zero-order valence-corrected chi connectivity index (χ0v) is 21.3. The van der Waals surface area contributed by atoms with E-state index < -0.39 is 0 Å². The van der Waals surface area contributed by atoms with Gasteiger partial charge in [0.1, 0.15) is 0 Å². The van der Waals surface area contributed by atoms with Crippen LogP contribution in [-0.4, -0.2) is 48.0 Å². The number of rotatable bonds is 5. The van der Waals surface area contributed by atoms with Crippen LogP contribution in [0.3, 0.4) is 0 Å². The average Bonchev–Trinajstić information content (AvgIpc) is 2.78. The van der Waals surface area contributed by atoms with Crippen LogP contribution in [0.25, 0.3) is 0 Å². The number of aliphatic hydroxyl groups excluding tert-OH is 2. The lowest BCUT2D eigenvalue weighted by Crippen LogP contribution is -2.65. The van der Waals surface area contributed by atoms with Crippen molar-refractivity contribution in [3.63, 3.8) is 0 Å². The molecule has 1 saturated heterocycles. The molecule has 0 aromatic heterocycles. The molecule has 1 unspecified atom stereocenters. The van der Waals surface area contributed by atoms with Gasteiger partial charge in [-0.15, -0.1) is 0 Å². The number of fused-ring (bicyclic) bond motifs is 2. The highest BCUT2D eigenvalue weighted by Crippen LogP contribution is 2.73. The monoisotopic (exact) mass is 443 g/mol. The zero-order valence-electron chi connectivity index (χ0n) is 21.3. The molecule has 32 heavy (non-hydrogen) atoms. The van der Waals surface area contributed by atoms with E-state index >= 15 is 0 Å². The van der Waals surface area contributed by atoms with E-state index in [9.17, 15) is 10.2 Å². The molecule has 3 heteroatoms. The molecule has 5 aliphatic carbocycles. The quantitative estimate of drug-likeness (QED) is 0.550. The highest BCUT2D eigenvalue weighted by molar-refractivity contribution is 5.31. The largest absolute Gasteiger partial charge is 0.396 e. The summed E-state index contributed by atoms with van der Waals surface area (Å²) in [5.41, 5.74) is 2.49. The van der Waals surface area contributed by atoms with Crippen LogP contribution in [0.4, 0.5) is 0 Å². The molecule has 0 radical (unpaired) electrons. The van der Waals surface area contributed by atoms with Crippen LogP contribution >= 0.6 is 0 Å². The predicted molar refractivity (Wildman–Crippen MR) is 131 cm³/mol. The fraction of sp³-hybridized carbons (Fsp3) is 0.931. The first kappa shape index (κ1) is 23.4. The lowest BCUT2D eigenvalue weighted by atomic mass is 9.34. The Hall–Kier alpha value is -0.380. The first-order valence-electron chi connectivity index (χ1n) is 14.0. The molecule has 3 saturated carbocycles. The Morgan fingerprint density at radius 3 is 2.38 bits per heavy atom. The zero-order chi connectivity index (χ0) is 22.7. The number of aliphatic hydroxyl groups is 2. The number of hydrogen-bond acceptors (Lipinski definition) is 3. The van der Waals surface area contributed by atoms with E-state index in [2.05, 4.69) is 38.7 Å². The minimum absolute atomic E-state index is 0.102. The van der Waals surface area contributed by atoms with Crippen LogP contribution in [0.1, 0.15) is 85.5 Å². The molecule has 2 bridgehead atoms. The maximum absolute atomic E-state index is 10.6. The second-order valence-electron chi connectivity index (χ2n) is 13.4. The Balaban J connectivity index is 1.50. The highest BCUT2D eigenvalue weighted by Gasteiger charge is 2.67. The van der Waals surface area contributed by atoms with Crippen molar-refractivity contribution in [1.82, 2.24) is 4.90 Å². The fourth-order valence-corrected chi connectivity index (χ4v) is 10.4. The number of likely N-dealkylation sites (tertiary alicyclic amines) is 1. The third-order valence-corrected chi connectivity index (χ3v) is 11.6. The molecule has 1 heterocycles. The molecule has 6 aliphatic rings. The highest BCUT2D eigenvalue weighted by atomic mass is 16.3. The van der Waals surface area contributed by atoms with Crippen LogP contribution in [0.15, 0.2) is 11.6 Å². The van der Waals surface area contributed by atoms with E-state index in [0.717, 1.165) is 5.92 Å². The van der Waals surface area contributed by atoms with Gasteiger partial charge in [0, 0.05) is 19.8 Å². The third-order valence-electron chi connectivity index (χ3n) is 11.6. The molecule has 6 rings (SSSR count). The number of piperidine rings is 1. The van der Waals surface area contributed by atoms with Gasteiger partial charge in [-0.3, -0.25) is 0 Å². The maximum Gasteiger partial charge on any atom is 0.0471 e. The van der Waals surface area contributed by atoms with Gasteiger partial charge < -0.3 is 15.1 Å². The maximum atomic E-state index is 10.6. The minimum atomic E-state index is 0.102. The summed E-state index contributed by atoms with van der Waals surface area (Å²) in [7, 11) is 0. The standard InChI is InChI=1S/C29H49NO2/c1-20(2)22-16-29-12-9-25-27(3,19-30-13-6-5-7-14-30)10-8-11-28(25,4)26(29)15-21(22)23(17-31)24(29)18-32/h16,20-21,23-26,31-32H,5-15,17-19H2,1-4H3/t21-,23-,24-,25-,26+,27-,28-,29?/m0/s1. The second-order valence-corrected chi connectivity index (χ2v) is 13.4. The van der Waals surface area contributed by atoms with Gasteiger partial charge >= 0.3 is 0 Å². The van der Waals surface area contributed by atoms with E-state index in [1.54, 1.807) is 5.57 Å². The van der Waals surface area contributed by atoms with Gasteiger partial charge in [-0.1, -0.05) is 52.2 Å². The normalized spacial score (nSPS) is 49.0. The summed E-state index contributed by atoms with van der Waals surface area (Å²) >= 11 is 0. The van der Waals surface area contributed by atoms with Crippen molar-refractivity contribution in [2.45, 2.75) is 85.5 Å². The van der Waals surface area contributed by atoms with Gasteiger partial charge in [-0.2, -0.15) is 0 Å². The van der Waals surface area contributed by atoms with Crippen LogP contribution < -0.4 is 0 Å². The Morgan fingerprint density at radius 1 is 0.969 bits per heavy atom. The van der Waals surface area contributed by atoms with Crippen molar-refractivity contribution < 1.29 is 10.2 Å². The van der Waals surface area contributed by atoms with Crippen LogP contribution in [0.2, 0.25) is 0 Å². The molecular weight excluding hydrogens is 394 g/mol. The van der Waals surface area contributed by atoms with Crippen LogP contribution in [0.5, 0.6) is 0 Å². The first-order valence-corrected chi connectivity index (χ1v) is 14.0. The van der Waals surface area contributed by atoms with Crippen molar-refractivity contribution in [2.75, 3.05) is 32.8 Å². The third kappa shape index (κ3) is 3.31.